The Bertz CT molecular complexity index is 1440. The van der Waals surface area contributed by atoms with Crippen molar-refractivity contribution in [2.75, 3.05) is 13.1 Å². The van der Waals surface area contributed by atoms with E-state index in [2.05, 4.69) is 0 Å². The third-order valence-electron chi connectivity index (χ3n) is 5.66. The van der Waals surface area contributed by atoms with Crippen LogP contribution in [0.15, 0.2) is 70.0 Å². The van der Waals surface area contributed by atoms with Crippen molar-refractivity contribution in [3.63, 3.8) is 0 Å². The van der Waals surface area contributed by atoms with Crippen LogP contribution in [0.1, 0.15) is 19.3 Å². The lowest BCUT2D eigenvalue weighted by molar-refractivity contribution is -0.385. The molecule has 0 spiro atoms. The van der Waals surface area contributed by atoms with Gasteiger partial charge in [-0.3, -0.25) is 10.1 Å². The summed E-state index contributed by atoms with van der Waals surface area (Å²) in [6.07, 6.45) is 2.55. The molecule has 8 nitrogen and oxygen atoms in total. The first kappa shape index (κ1) is 20.5. The molecule has 0 atom stereocenters. The number of piperidine rings is 1. The van der Waals surface area contributed by atoms with Gasteiger partial charge in [-0.05, 0) is 49.2 Å². The van der Waals surface area contributed by atoms with E-state index in [-0.39, 0.29) is 10.6 Å². The molecule has 32 heavy (non-hydrogen) atoms. The molecule has 0 aliphatic carbocycles. The van der Waals surface area contributed by atoms with Crippen LogP contribution in [0.25, 0.3) is 21.9 Å². The van der Waals surface area contributed by atoms with Crippen LogP contribution in [0.4, 0.5) is 5.69 Å². The van der Waals surface area contributed by atoms with Crippen molar-refractivity contribution in [2.45, 2.75) is 24.2 Å². The van der Waals surface area contributed by atoms with Crippen LogP contribution in [0.5, 0.6) is 11.5 Å². The van der Waals surface area contributed by atoms with Crippen LogP contribution >= 0.6 is 0 Å². The van der Waals surface area contributed by atoms with Crippen LogP contribution in [0, 0.1) is 10.1 Å². The number of rotatable bonds is 5. The maximum absolute atomic E-state index is 12.9. The van der Waals surface area contributed by atoms with E-state index in [4.69, 9.17) is 9.15 Å². The maximum Gasteiger partial charge on any atom is 0.312 e. The van der Waals surface area contributed by atoms with Crippen LogP contribution in [0.3, 0.4) is 0 Å². The second-order valence-electron chi connectivity index (χ2n) is 7.71. The summed E-state index contributed by atoms with van der Waals surface area (Å²) in [6, 6.07) is 16.5. The molecule has 9 heteroatoms. The minimum atomic E-state index is -3.79. The van der Waals surface area contributed by atoms with Gasteiger partial charge in [0, 0.05) is 29.9 Å². The Morgan fingerprint density at radius 2 is 1.66 bits per heavy atom. The number of nitro groups is 1. The fourth-order valence-corrected chi connectivity index (χ4v) is 5.57. The number of para-hydroxylation sites is 1. The molecule has 164 valence electrons. The normalized spacial score (nSPS) is 15.2. The van der Waals surface area contributed by atoms with Gasteiger partial charge >= 0.3 is 5.69 Å². The molecule has 5 rings (SSSR count). The Kier molecular flexibility index (Phi) is 5.07. The minimum absolute atomic E-state index is 0.0280. The summed E-state index contributed by atoms with van der Waals surface area (Å²) in [7, 11) is -3.79. The lowest BCUT2D eigenvalue weighted by atomic mass is 10.1. The number of nitro benzene ring substituents is 1. The summed E-state index contributed by atoms with van der Waals surface area (Å²) in [5.41, 5.74) is 1.01. The Morgan fingerprint density at radius 3 is 2.44 bits per heavy atom. The van der Waals surface area contributed by atoms with Crippen molar-refractivity contribution in [1.82, 2.24) is 4.31 Å². The highest BCUT2D eigenvalue weighted by molar-refractivity contribution is 7.89. The van der Waals surface area contributed by atoms with Gasteiger partial charge in [-0.1, -0.05) is 24.6 Å². The van der Waals surface area contributed by atoms with E-state index in [9.17, 15) is 18.5 Å². The van der Waals surface area contributed by atoms with E-state index >= 15 is 0 Å². The van der Waals surface area contributed by atoms with Crippen LogP contribution in [0.2, 0.25) is 0 Å². The molecule has 0 radical (unpaired) electrons. The molecule has 1 saturated heterocycles. The number of ether oxygens (including phenoxy) is 1. The number of benzene rings is 3. The zero-order valence-electron chi connectivity index (χ0n) is 17.1. The molecule has 1 fully saturated rings. The zero-order valence-corrected chi connectivity index (χ0v) is 17.9. The fraction of sp³-hybridized carbons (Fsp3) is 0.217. The molecule has 0 saturated carbocycles. The van der Waals surface area contributed by atoms with E-state index in [1.54, 1.807) is 18.2 Å². The van der Waals surface area contributed by atoms with Crippen molar-refractivity contribution >= 4 is 37.6 Å². The number of furan rings is 1. The molecule has 0 unspecified atom stereocenters. The summed E-state index contributed by atoms with van der Waals surface area (Å²) in [6.45, 7) is 0.847. The molecule has 1 aliphatic heterocycles. The average Bonchev–Trinajstić information content (AvgIpc) is 3.18. The van der Waals surface area contributed by atoms with Crippen molar-refractivity contribution in [3.8, 4) is 11.5 Å². The van der Waals surface area contributed by atoms with E-state index in [1.165, 1.54) is 16.4 Å². The maximum atomic E-state index is 12.9. The number of nitrogens with zero attached hydrogens (tertiary/aromatic N) is 2. The van der Waals surface area contributed by atoms with E-state index < -0.39 is 20.6 Å². The van der Waals surface area contributed by atoms with Crippen LogP contribution in [-0.4, -0.2) is 30.7 Å². The molecule has 0 N–H and O–H groups in total. The van der Waals surface area contributed by atoms with Gasteiger partial charge in [-0.15, -0.1) is 0 Å². The smallest absolute Gasteiger partial charge is 0.312 e. The van der Waals surface area contributed by atoms with Gasteiger partial charge in [-0.25, -0.2) is 8.42 Å². The van der Waals surface area contributed by atoms with Crippen molar-refractivity contribution in [1.29, 1.82) is 0 Å². The van der Waals surface area contributed by atoms with E-state index in [1.807, 2.05) is 24.3 Å². The predicted molar refractivity (Wildman–Crippen MR) is 120 cm³/mol. The molecule has 1 aliphatic rings. The topological polar surface area (TPSA) is 103 Å². The van der Waals surface area contributed by atoms with Crippen molar-refractivity contribution in [3.05, 3.63) is 70.8 Å². The summed E-state index contributed by atoms with van der Waals surface area (Å²) >= 11 is 0. The number of sulfonamides is 1. The first-order valence-electron chi connectivity index (χ1n) is 10.3. The third-order valence-corrected chi connectivity index (χ3v) is 7.55. The average molecular weight is 452 g/mol. The summed E-state index contributed by atoms with van der Waals surface area (Å²) < 4.78 is 38.8. The van der Waals surface area contributed by atoms with E-state index in [0.717, 1.165) is 41.7 Å². The van der Waals surface area contributed by atoms with Crippen molar-refractivity contribution < 1.29 is 22.5 Å². The molecule has 0 amide bonds. The van der Waals surface area contributed by atoms with Gasteiger partial charge in [0.05, 0.1) is 9.82 Å². The highest BCUT2D eigenvalue weighted by atomic mass is 32.2. The zero-order chi connectivity index (χ0) is 22.3. The third kappa shape index (κ3) is 3.59. The lowest BCUT2D eigenvalue weighted by Crippen LogP contribution is -2.35. The fourth-order valence-electron chi connectivity index (χ4n) is 4.04. The second-order valence-corrected chi connectivity index (χ2v) is 9.65. The quantitative estimate of drug-likeness (QED) is 0.294. The van der Waals surface area contributed by atoms with Crippen LogP contribution in [-0.2, 0) is 10.0 Å². The predicted octanol–water partition coefficient (Wildman–Crippen LogP) is 5.46. The van der Waals surface area contributed by atoms with Crippen LogP contribution < -0.4 is 4.74 Å². The second kappa shape index (κ2) is 7.92. The summed E-state index contributed by atoms with van der Waals surface area (Å²) in [5.74, 6) is 0.360. The Balaban J connectivity index is 1.51. The molecule has 1 aromatic heterocycles. The van der Waals surface area contributed by atoms with Gasteiger partial charge in [0.25, 0.3) is 0 Å². The van der Waals surface area contributed by atoms with Gasteiger partial charge in [0.15, 0.2) is 0 Å². The van der Waals surface area contributed by atoms with Gasteiger partial charge < -0.3 is 9.15 Å². The molecular formula is C23H20N2O6S. The molecule has 4 aromatic rings. The largest absolute Gasteiger partial charge is 0.456 e. The Labute approximate surface area is 184 Å². The van der Waals surface area contributed by atoms with Crippen molar-refractivity contribution in [2.24, 2.45) is 0 Å². The summed E-state index contributed by atoms with van der Waals surface area (Å²) in [5, 5.41) is 13.4. The van der Waals surface area contributed by atoms with Gasteiger partial charge in [-0.2, -0.15) is 4.31 Å². The number of hydrogen-bond acceptors (Lipinski definition) is 6. The molecule has 0 bridgehead atoms. The molecular weight excluding hydrogens is 432 g/mol. The van der Waals surface area contributed by atoms with Gasteiger partial charge in [0.1, 0.15) is 16.9 Å². The molecule has 3 aromatic carbocycles. The van der Waals surface area contributed by atoms with E-state index in [0.29, 0.717) is 24.4 Å². The first-order chi connectivity index (χ1) is 15.4. The Morgan fingerprint density at radius 1 is 0.906 bits per heavy atom. The van der Waals surface area contributed by atoms with Gasteiger partial charge in [0.2, 0.25) is 15.8 Å². The standard InChI is InChI=1S/C23H20N2O6S/c26-25(27)20-15-17(32(28,29)24-12-4-1-5-13-24)9-11-23(20)30-16-8-10-22-19(14-16)18-6-2-3-7-21(18)31-22/h2-3,6-11,14-15H,1,4-5,12-13H2. The number of hydrogen-bond donors (Lipinski definition) is 0. The highest BCUT2D eigenvalue weighted by Gasteiger charge is 2.29. The summed E-state index contributed by atoms with van der Waals surface area (Å²) in [4.78, 5) is 11.0. The first-order valence-corrected chi connectivity index (χ1v) is 11.8. The SMILES string of the molecule is O=[N+]([O-])c1cc(S(=O)(=O)N2CCCCC2)ccc1Oc1ccc2oc3ccccc3c2c1. The highest BCUT2D eigenvalue weighted by Crippen LogP contribution is 2.37. The molecule has 2 heterocycles. The lowest BCUT2D eigenvalue weighted by Gasteiger charge is -2.25. The minimum Gasteiger partial charge on any atom is -0.456 e. The number of fused-ring (bicyclic) bond motifs is 3. The monoisotopic (exact) mass is 452 g/mol. The Hall–Kier alpha value is -3.43.